The Bertz CT molecular complexity index is 302. The average Bonchev–Trinajstić information content (AvgIpc) is 2.52. The van der Waals surface area contributed by atoms with Crippen molar-refractivity contribution in [3.63, 3.8) is 0 Å². The van der Waals surface area contributed by atoms with Gasteiger partial charge in [0.2, 0.25) is 5.91 Å². The second kappa shape index (κ2) is 16.0. The van der Waals surface area contributed by atoms with Crippen LogP contribution in [0.1, 0.15) is 91.4 Å². The summed E-state index contributed by atoms with van der Waals surface area (Å²) in [4.78, 5) is 11.5. The first-order valence-electron chi connectivity index (χ1n) is 9.59. The molecule has 0 fully saturated rings. The number of hydrogen-bond acceptors (Lipinski definition) is 2. The molecule has 1 atom stereocenters. The fourth-order valence-electron chi connectivity index (χ4n) is 2.51. The molecule has 0 rings (SSSR count). The van der Waals surface area contributed by atoms with Gasteiger partial charge in [-0.05, 0) is 26.7 Å². The van der Waals surface area contributed by atoms with Gasteiger partial charge in [-0.25, -0.2) is 0 Å². The molecule has 1 unspecified atom stereocenters. The summed E-state index contributed by atoms with van der Waals surface area (Å²) in [5.41, 5.74) is 1.05. The van der Waals surface area contributed by atoms with Gasteiger partial charge in [-0.2, -0.15) is 0 Å². The Morgan fingerprint density at radius 3 is 2.26 bits per heavy atom. The predicted molar refractivity (Wildman–Crippen MR) is 99.7 cm³/mol. The Kier molecular flexibility index (Phi) is 15.5. The molecule has 0 aromatic heterocycles. The minimum absolute atomic E-state index is 0.0901. The molecule has 0 saturated heterocycles. The van der Waals surface area contributed by atoms with Crippen molar-refractivity contribution in [3.8, 4) is 0 Å². The molecule has 0 spiro atoms. The van der Waals surface area contributed by atoms with E-state index in [-0.39, 0.29) is 5.91 Å². The lowest BCUT2D eigenvalue weighted by Gasteiger charge is -2.13. The number of carbonyl (C=O) groups is 1. The third-order valence-corrected chi connectivity index (χ3v) is 4.07. The third kappa shape index (κ3) is 17.4. The van der Waals surface area contributed by atoms with E-state index in [0.717, 1.165) is 18.4 Å². The zero-order valence-electron chi connectivity index (χ0n) is 15.8. The average molecular weight is 326 g/mol. The Morgan fingerprint density at radius 1 is 1.04 bits per heavy atom. The van der Waals surface area contributed by atoms with Crippen molar-refractivity contribution in [2.45, 2.75) is 97.5 Å². The van der Waals surface area contributed by atoms with Gasteiger partial charge in [0.1, 0.15) is 0 Å². The first kappa shape index (κ1) is 22.2. The molecule has 23 heavy (non-hydrogen) atoms. The Balaban J connectivity index is 3.32. The fraction of sp³-hybridized carbons (Fsp3) is 0.850. The molecule has 0 aliphatic heterocycles. The second-order valence-electron chi connectivity index (χ2n) is 6.75. The maximum atomic E-state index is 11.5. The van der Waals surface area contributed by atoms with Crippen molar-refractivity contribution in [3.05, 3.63) is 12.2 Å². The van der Waals surface area contributed by atoms with Crippen LogP contribution in [0.4, 0.5) is 0 Å². The van der Waals surface area contributed by atoms with E-state index in [1.807, 2.05) is 6.92 Å². The SMILES string of the molecule is C=C(C)CCC(=O)NCCOC(C)CCCCCCCCCC. The first-order valence-corrected chi connectivity index (χ1v) is 9.59. The minimum atomic E-state index is 0.0901. The van der Waals surface area contributed by atoms with Gasteiger partial charge in [-0.3, -0.25) is 4.79 Å². The molecular weight excluding hydrogens is 286 g/mol. The van der Waals surface area contributed by atoms with Gasteiger partial charge in [0.05, 0.1) is 12.7 Å². The van der Waals surface area contributed by atoms with Crippen LogP contribution >= 0.6 is 0 Å². The molecule has 3 nitrogen and oxygen atoms in total. The summed E-state index contributed by atoms with van der Waals surface area (Å²) in [5.74, 6) is 0.0901. The van der Waals surface area contributed by atoms with Gasteiger partial charge >= 0.3 is 0 Å². The molecule has 0 aromatic carbocycles. The van der Waals surface area contributed by atoms with E-state index in [1.54, 1.807) is 0 Å². The van der Waals surface area contributed by atoms with E-state index in [9.17, 15) is 4.79 Å². The Morgan fingerprint density at radius 2 is 1.65 bits per heavy atom. The number of rotatable bonds is 16. The fourth-order valence-corrected chi connectivity index (χ4v) is 2.51. The molecular formula is C20H39NO2. The second-order valence-corrected chi connectivity index (χ2v) is 6.75. The van der Waals surface area contributed by atoms with Crippen LogP contribution in [0, 0.1) is 0 Å². The van der Waals surface area contributed by atoms with Gasteiger partial charge in [-0.1, -0.05) is 63.9 Å². The molecule has 136 valence electrons. The standard InChI is InChI=1S/C20H39NO2/c1-5-6-7-8-9-10-11-12-13-19(4)23-17-16-21-20(22)15-14-18(2)3/h19H,2,5-17H2,1,3-4H3,(H,21,22). The van der Waals surface area contributed by atoms with E-state index < -0.39 is 0 Å². The van der Waals surface area contributed by atoms with E-state index >= 15 is 0 Å². The van der Waals surface area contributed by atoms with Crippen molar-refractivity contribution in [2.24, 2.45) is 0 Å². The molecule has 0 radical (unpaired) electrons. The topological polar surface area (TPSA) is 38.3 Å². The van der Waals surface area contributed by atoms with Crippen molar-refractivity contribution in [2.75, 3.05) is 13.2 Å². The zero-order chi connectivity index (χ0) is 17.3. The summed E-state index contributed by atoms with van der Waals surface area (Å²) in [7, 11) is 0. The molecule has 3 heteroatoms. The van der Waals surface area contributed by atoms with Crippen molar-refractivity contribution in [1.29, 1.82) is 0 Å². The molecule has 1 N–H and O–H groups in total. The molecule has 0 heterocycles. The highest BCUT2D eigenvalue weighted by Gasteiger charge is 2.04. The van der Waals surface area contributed by atoms with Crippen molar-refractivity contribution < 1.29 is 9.53 Å². The number of hydrogen-bond donors (Lipinski definition) is 1. The lowest BCUT2D eigenvalue weighted by Crippen LogP contribution is -2.28. The summed E-state index contributed by atoms with van der Waals surface area (Å²) in [6.07, 6.45) is 13.5. The number of amides is 1. The summed E-state index contributed by atoms with van der Waals surface area (Å²) in [6.45, 7) is 11.4. The highest BCUT2D eigenvalue weighted by Crippen LogP contribution is 2.11. The maximum Gasteiger partial charge on any atom is 0.220 e. The highest BCUT2D eigenvalue weighted by molar-refractivity contribution is 5.76. The number of carbonyl (C=O) groups excluding carboxylic acids is 1. The lowest BCUT2D eigenvalue weighted by molar-refractivity contribution is -0.121. The minimum Gasteiger partial charge on any atom is -0.377 e. The molecule has 0 aromatic rings. The third-order valence-electron chi connectivity index (χ3n) is 4.07. The van der Waals surface area contributed by atoms with Gasteiger partial charge in [0.25, 0.3) is 0 Å². The van der Waals surface area contributed by atoms with Gasteiger partial charge < -0.3 is 10.1 Å². The molecule has 0 saturated carbocycles. The quantitative estimate of drug-likeness (QED) is 0.305. The van der Waals surface area contributed by atoms with E-state index in [2.05, 4.69) is 25.7 Å². The monoisotopic (exact) mass is 325 g/mol. The normalized spacial score (nSPS) is 12.1. The van der Waals surface area contributed by atoms with Gasteiger partial charge in [0, 0.05) is 13.0 Å². The molecule has 0 aliphatic rings. The number of allylic oxidation sites excluding steroid dienone is 1. The summed E-state index contributed by atoms with van der Waals surface area (Å²) in [5, 5.41) is 2.89. The van der Waals surface area contributed by atoms with Crippen LogP contribution in [-0.4, -0.2) is 25.2 Å². The van der Waals surface area contributed by atoms with Crippen molar-refractivity contribution in [1.82, 2.24) is 5.32 Å². The summed E-state index contributed by atoms with van der Waals surface area (Å²) >= 11 is 0. The highest BCUT2D eigenvalue weighted by atomic mass is 16.5. The lowest BCUT2D eigenvalue weighted by atomic mass is 10.1. The number of ether oxygens (including phenoxy) is 1. The van der Waals surface area contributed by atoms with Crippen LogP contribution in [0.15, 0.2) is 12.2 Å². The van der Waals surface area contributed by atoms with Gasteiger partial charge in [-0.15, -0.1) is 6.58 Å². The first-order chi connectivity index (χ1) is 11.1. The van der Waals surface area contributed by atoms with Crippen LogP contribution in [-0.2, 0) is 9.53 Å². The van der Waals surface area contributed by atoms with Gasteiger partial charge in [0.15, 0.2) is 0 Å². The largest absolute Gasteiger partial charge is 0.377 e. The predicted octanol–water partition coefficient (Wildman–Crippen LogP) is 5.39. The molecule has 0 bridgehead atoms. The summed E-state index contributed by atoms with van der Waals surface area (Å²) in [6, 6.07) is 0. The van der Waals surface area contributed by atoms with Crippen molar-refractivity contribution >= 4 is 5.91 Å². The van der Waals surface area contributed by atoms with Crippen LogP contribution < -0.4 is 5.32 Å². The van der Waals surface area contributed by atoms with E-state index in [1.165, 1.54) is 51.4 Å². The van der Waals surface area contributed by atoms with E-state index in [4.69, 9.17) is 4.74 Å². The Hall–Kier alpha value is -0.830. The maximum absolute atomic E-state index is 11.5. The number of nitrogens with one attached hydrogen (secondary N) is 1. The summed E-state index contributed by atoms with van der Waals surface area (Å²) < 4.78 is 5.75. The van der Waals surface area contributed by atoms with Crippen LogP contribution in [0.25, 0.3) is 0 Å². The molecule has 0 aliphatic carbocycles. The Labute approximate surface area is 144 Å². The van der Waals surface area contributed by atoms with Crippen LogP contribution in [0.2, 0.25) is 0 Å². The number of unbranched alkanes of at least 4 members (excludes halogenated alkanes) is 7. The smallest absolute Gasteiger partial charge is 0.220 e. The van der Waals surface area contributed by atoms with E-state index in [0.29, 0.717) is 25.7 Å². The van der Waals surface area contributed by atoms with Crippen LogP contribution in [0.3, 0.4) is 0 Å². The van der Waals surface area contributed by atoms with Crippen LogP contribution in [0.5, 0.6) is 0 Å². The zero-order valence-corrected chi connectivity index (χ0v) is 15.8. The molecule has 1 amide bonds.